The third-order valence-corrected chi connectivity index (χ3v) is 3.23. The molecular weight excluding hydrogens is 204 g/mol. The Morgan fingerprint density at radius 1 is 1.20 bits per heavy atom. The maximum atomic E-state index is 10.7. The Morgan fingerprint density at radius 3 is 2.60 bits per heavy atom. The second-order valence-corrected chi connectivity index (χ2v) is 4.38. The van der Waals surface area contributed by atoms with E-state index in [4.69, 9.17) is 0 Å². The Hall–Kier alpha value is -1.41. The van der Waals surface area contributed by atoms with E-state index in [1.165, 1.54) is 11.1 Å². The predicted octanol–water partition coefficient (Wildman–Crippen LogP) is 3.46. The highest BCUT2D eigenvalue weighted by Crippen LogP contribution is 2.17. The molecule has 0 aliphatic heterocycles. The highest BCUT2D eigenvalue weighted by molar-refractivity contribution is 7.08. The lowest BCUT2D eigenvalue weighted by atomic mass is 10.0. The smallest absolute Gasteiger partial charge is 0.151 e. The summed E-state index contributed by atoms with van der Waals surface area (Å²) in [6.07, 6.45) is 1.78. The quantitative estimate of drug-likeness (QED) is 0.718. The number of aldehydes is 1. The molecule has 0 fully saturated rings. The van der Waals surface area contributed by atoms with Crippen molar-refractivity contribution in [3.63, 3.8) is 0 Å². The van der Waals surface area contributed by atoms with Crippen molar-refractivity contribution in [2.75, 3.05) is 0 Å². The topological polar surface area (TPSA) is 17.1 Å². The standard InChI is InChI=1S/C13H12OS/c1-10-2-4-11(5-3-10)6-12-8-15-9-13(12)7-14/h2-5,7-9H,6H2,1H3. The van der Waals surface area contributed by atoms with Crippen LogP contribution in [0.25, 0.3) is 0 Å². The van der Waals surface area contributed by atoms with Gasteiger partial charge in [0.2, 0.25) is 0 Å². The van der Waals surface area contributed by atoms with E-state index in [0.29, 0.717) is 0 Å². The first-order valence-electron chi connectivity index (χ1n) is 4.85. The molecular formula is C13H12OS. The van der Waals surface area contributed by atoms with Crippen molar-refractivity contribution in [3.8, 4) is 0 Å². The minimum Gasteiger partial charge on any atom is -0.298 e. The normalized spacial score (nSPS) is 10.2. The fraction of sp³-hybridized carbons (Fsp3) is 0.154. The summed E-state index contributed by atoms with van der Waals surface area (Å²) < 4.78 is 0. The Bertz CT molecular complexity index is 454. The zero-order chi connectivity index (χ0) is 10.7. The van der Waals surface area contributed by atoms with E-state index >= 15 is 0 Å². The van der Waals surface area contributed by atoms with Gasteiger partial charge in [0.25, 0.3) is 0 Å². The molecule has 0 amide bonds. The van der Waals surface area contributed by atoms with Gasteiger partial charge in [0.05, 0.1) is 0 Å². The van der Waals surface area contributed by atoms with E-state index in [9.17, 15) is 4.79 Å². The van der Waals surface area contributed by atoms with E-state index in [1.807, 2.05) is 10.8 Å². The van der Waals surface area contributed by atoms with Crippen LogP contribution in [-0.4, -0.2) is 6.29 Å². The molecule has 2 aromatic rings. The lowest BCUT2D eigenvalue weighted by molar-refractivity contribution is 0.112. The minimum atomic E-state index is 0.820. The third-order valence-electron chi connectivity index (χ3n) is 2.42. The average molecular weight is 216 g/mol. The van der Waals surface area contributed by atoms with Crippen molar-refractivity contribution in [1.29, 1.82) is 0 Å². The van der Waals surface area contributed by atoms with Crippen LogP contribution in [0.5, 0.6) is 0 Å². The molecule has 0 unspecified atom stereocenters. The van der Waals surface area contributed by atoms with Crippen molar-refractivity contribution >= 4 is 17.6 Å². The molecule has 1 aromatic carbocycles. The highest BCUT2D eigenvalue weighted by atomic mass is 32.1. The van der Waals surface area contributed by atoms with Crippen molar-refractivity contribution in [2.45, 2.75) is 13.3 Å². The minimum absolute atomic E-state index is 0.820. The maximum absolute atomic E-state index is 10.7. The summed E-state index contributed by atoms with van der Waals surface area (Å²) in [6, 6.07) is 8.42. The molecule has 0 saturated carbocycles. The van der Waals surface area contributed by atoms with E-state index in [0.717, 1.165) is 23.8 Å². The molecule has 0 saturated heterocycles. The second-order valence-electron chi connectivity index (χ2n) is 3.63. The van der Waals surface area contributed by atoms with Crippen molar-refractivity contribution in [2.24, 2.45) is 0 Å². The summed E-state index contributed by atoms with van der Waals surface area (Å²) in [5.41, 5.74) is 4.46. The molecule has 0 radical (unpaired) electrons. The van der Waals surface area contributed by atoms with Gasteiger partial charge in [0, 0.05) is 10.9 Å². The van der Waals surface area contributed by atoms with Gasteiger partial charge in [-0.2, -0.15) is 11.3 Å². The molecule has 0 aliphatic rings. The monoisotopic (exact) mass is 216 g/mol. The average Bonchev–Trinajstić information content (AvgIpc) is 2.69. The fourth-order valence-corrected chi connectivity index (χ4v) is 2.31. The van der Waals surface area contributed by atoms with Gasteiger partial charge in [-0.05, 0) is 29.9 Å². The molecule has 1 heterocycles. The van der Waals surface area contributed by atoms with Gasteiger partial charge in [0.1, 0.15) is 0 Å². The van der Waals surface area contributed by atoms with Crippen LogP contribution >= 0.6 is 11.3 Å². The van der Waals surface area contributed by atoms with Gasteiger partial charge in [-0.25, -0.2) is 0 Å². The number of aryl methyl sites for hydroxylation is 1. The van der Waals surface area contributed by atoms with Crippen LogP contribution in [0.2, 0.25) is 0 Å². The molecule has 0 N–H and O–H groups in total. The van der Waals surface area contributed by atoms with E-state index < -0.39 is 0 Å². The molecule has 2 rings (SSSR count). The van der Waals surface area contributed by atoms with Gasteiger partial charge in [0.15, 0.2) is 6.29 Å². The maximum Gasteiger partial charge on any atom is 0.151 e. The summed E-state index contributed by atoms with van der Waals surface area (Å²) in [5.74, 6) is 0. The van der Waals surface area contributed by atoms with E-state index in [1.54, 1.807) is 11.3 Å². The summed E-state index contributed by atoms with van der Waals surface area (Å²) >= 11 is 1.58. The van der Waals surface area contributed by atoms with Crippen LogP contribution in [0.4, 0.5) is 0 Å². The van der Waals surface area contributed by atoms with Crippen molar-refractivity contribution in [1.82, 2.24) is 0 Å². The zero-order valence-electron chi connectivity index (χ0n) is 8.57. The van der Waals surface area contributed by atoms with Crippen molar-refractivity contribution < 1.29 is 4.79 Å². The first kappa shape index (κ1) is 10.1. The molecule has 76 valence electrons. The zero-order valence-corrected chi connectivity index (χ0v) is 9.38. The summed E-state index contributed by atoms with van der Waals surface area (Å²) in [4.78, 5) is 10.7. The largest absolute Gasteiger partial charge is 0.298 e. The van der Waals surface area contributed by atoms with Gasteiger partial charge < -0.3 is 0 Å². The molecule has 0 bridgehead atoms. The molecule has 0 spiro atoms. The summed E-state index contributed by atoms with van der Waals surface area (Å²) in [7, 11) is 0. The molecule has 2 heteroatoms. The molecule has 0 aliphatic carbocycles. The fourth-order valence-electron chi connectivity index (χ4n) is 1.51. The molecule has 1 nitrogen and oxygen atoms in total. The lowest BCUT2D eigenvalue weighted by Crippen LogP contribution is -1.90. The Kier molecular flexibility index (Phi) is 2.97. The summed E-state index contributed by atoms with van der Waals surface area (Å²) in [6.45, 7) is 2.07. The van der Waals surface area contributed by atoms with Crippen LogP contribution in [0.3, 0.4) is 0 Å². The summed E-state index contributed by atoms with van der Waals surface area (Å²) in [5, 5.41) is 3.94. The number of carbonyl (C=O) groups is 1. The van der Waals surface area contributed by atoms with Crippen LogP contribution < -0.4 is 0 Å². The third kappa shape index (κ3) is 2.34. The number of hydrogen-bond donors (Lipinski definition) is 0. The Balaban J connectivity index is 2.21. The SMILES string of the molecule is Cc1ccc(Cc2cscc2C=O)cc1. The van der Waals surface area contributed by atoms with Gasteiger partial charge >= 0.3 is 0 Å². The Morgan fingerprint density at radius 2 is 1.93 bits per heavy atom. The van der Waals surface area contributed by atoms with Gasteiger partial charge in [-0.1, -0.05) is 29.8 Å². The van der Waals surface area contributed by atoms with Gasteiger partial charge in [-0.3, -0.25) is 4.79 Å². The first-order chi connectivity index (χ1) is 7.29. The number of hydrogen-bond acceptors (Lipinski definition) is 2. The predicted molar refractivity (Wildman–Crippen MR) is 63.7 cm³/mol. The molecule has 15 heavy (non-hydrogen) atoms. The number of thiophene rings is 1. The van der Waals surface area contributed by atoms with Crippen LogP contribution in [0.1, 0.15) is 27.0 Å². The van der Waals surface area contributed by atoms with E-state index in [2.05, 4.69) is 31.2 Å². The Labute approximate surface area is 93.4 Å². The van der Waals surface area contributed by atoms with Crippen LogP contribution in [-0.2, 0) is 6.42 Å². The van der Waals surface area contributed by atoms with Gasteiger partial charge in [-0.15, -0.1) is 0 Å². The first-order valence-corrected chi connectivity index (χ1v) is 5.79. The van der Waals surface area contributed by atoms with Crippen molar-refractivity contribution in [3.05, 3.63) is 57.3 Å². The highest BCUT2D eigenvalue weighted by Gasteiger charge is 2.03. The number of rotatable bonds is 3. The van der Waals surface area contributed by atoms with Crippen LogP contribution in [0, 0.1) is 6.92 Å². The number of benzene rings is 1. The molecule has 1 aromatic heterocycles. The van der Waals surface area contributed by atoms with Crippen LogP contribution in [0.15, 0.2) is 35.0 Å². The lowest BCUT2D eigenvalue weighted by Gasteiger charge is -2.00. The number of carbonyl (C=O) groups excluding carboxylic acids is 1. The van der Waals surface area contributed by atoms with E-state index in [-0.39, 0.29) is 0 Å². The second kappa shape index (κ2) is 4.41. The molecule has 0 atom stereocenters.